The van der Waals surface area contributed by atoms with Crippen LogP contribution in [0.25, 0.3) is 0 Å². The highest BCUT2D eigenvalue weighted by molar-refractivity contribution is 6.03. The maximum Gasteiger partial charge on any atom is 0.233 e. The summed E-state index contributed by atoms with van der Waals surface area (Å²) in [4.78, 5) is 25.9. The Morgan fingerprint density at radius 3 is 2.86 bits per heavy atom. The van der Waals surface area contributed by atoms with E-state index >= 15 is 0 Å². The second kappa shape index (κ2) is 7.24. The Morgan fingerprint density at radius 2 is 2.23 bits per heavy atom. The molecule has 122 valence electrons. The average molecular weight is 327 g/mol. The van der Waals surface area contributed by atoms with Crippen molar-refractivity contribution in [2.24, 2.45) is 18.9 Å². The lowest BCUT2D eigenvalue weighted by Gasteiger charge is -2.17. The number of aryl methyl sites for hydroxylation is 1. The molecule has 2 atom stereocenters. The van der Waals surface area contributed by atoms with Crippen LogP contribution in [0.15, 0.2) is 12.4 Å². The summed E-state index contributed by atoms with van der Waals surface area (Å²) in [5.41, 5.74) is 1.02. The van der Waals surface area contributed by atoms with Gasteiger partial charge in [-0.2, -0.15) is 5.10 Å². The van der Waals surface area contributed by atoms with E-state index < -0.39 is 0 Å². The molecule has 0 aliphatic carbocycles. The molecule has 0 aromatic carbocycles. The highest BCUT2D eigenvalue weighted by atomic mass is 35.5. The van der Waals surface area contributed by atoms with E-state index in [2.05, 4.69) is 10.4 Å². The minimum absolute atomic E-state index is 0. The van der Waals surface area contributed by atoms with Crippen LogP contribution in [-0.4, -0.2) is 46.1 Å². The van der Waals surface area contributed by atoms with Crippen LogP contribution in [0.1, 0.15) is 24.8 Å². The molecule has 6 nitrogen and oxygen atoms in total. The smallest absolute Gasteiger partial charge is 0.233 e. The van der Waals surface area contributed by atoms with Gasteiger partial charge in [0.1, 0.15) is 0 Å². The van der Waals surface area contributed by atoms with Gasteiger partial charge in [0.2, 0.25) is 11.8 Å². The van der Waals surface area contributed by atoms with E-state index in [0.29, 0.717) is 25.3 Å². The molecule has 0 bridgehead atoms. The molecule has 22 heavy (non-hydrogen) atoms. The van der Waals surface area contributed by atoms with Gasteiger partial charge in [-0.25, -0.2) is 0 Å². The van der Waals surface area contributed by atoms with Crippen molar-refractivity contribution >= 4 is 24.2 Å². The first-order chi connectivity index (χ1) is 10.1. The molecule has 2 fully saturated rings. The summed E-state index contributed by atoms with van der Waals surface area (Å²) in [5.74, 6) is 0.376. The summed E-state index contributed by atoms with van der Waals surface area (Å²) in [5, 5.41) is 7.43. The van der Waals surface area contributed by atoms with Crippen LogP contribution in [0.3, 0.4) is 0 Å². The first-order valence-electron chi connectivity index (χ1n) is 7.66. The highest BCUT2D eigenvalue weighted by Crippen LogP contribution is 2.25. The molecule has 2 aliphatic heterocycles. The molecular weight excluding hydrogens is 304 g/mol. The van der Waals surface area contributed by atoms with Gasteiger partial charge in [-0.3, -0.25) is 19.2 Å². The zero-order chi connectivity index (χ0) is 14.8. The van der Waals surface area contributed by atoms with E-state index in [1.165, 1.54) is 4.90 Å². The lowest BCUT2D eigenvalue weighted by Crippen LogP contribution is -2.33. The molecule has 0 spiro atoms. The molecule has 0 saturated carbocycles. The molecular formula is C15H23ClN4O2. The van der Waals surface area contributed by atoms with E-state index in [9.17, 15) is 9.59 Å². The number of nitrogens with zero attached hydrogens (tertiary/aromatic N) is 3. The van der Waals surface area contributed by atoms with Crippen LogP contribution in [0.4, 0.5) is 0 Å². The van der Waals surface area contributed by atoms with Crippen LogP contribution < -0.4 is 5.32 Å². The van der Waals surface area contributed by atoms with Gasteiger partial charge in [0.25, 0.3) is 0 Å². The third-order valence-corrected chi connectivity index (χ3v) is 4.50. The van der Waals surface area contributed by atoms with Gasteiger partial charge >= 0.3 is 0 Å². The number of hydrogen-bond donors (Lipinski definition) is 1. The zero-order valence-corrected chi connectivity index (χ0v) is 13.6. The van der Waals surface area contributed by atoms with Crippen molar-refractivity contribution in [3.63, 3.8) is 0 Å². The fourth-order valence-electron chi connectivity index (χ4n) is 3.28. The third-order valence-electron chi connectivity index (χ3n) is 4.50. The van der Waals surface area contributed by atoms with E-state index in [4.69, 9.17) is 0 Å². The molecule has 3 heterocycles. The first kappa shape index (κ1) is 17.0. The fourth-order valence-corrected chi connectivity index (χ4v) is 3.28. The number of hydrogen-bond acceptors (Lipinski definition) is 4. The van der Waals surface area contributed by atoms with E-state index in [0.717, 1.165) is 31.5 Å². The normalized spacial score (nSPS) is 24.9. The number of amides is 2. The minimum Gasteiger partial charge on any atom is -0.316 e. The number of likely N-dealkylation sites (tertiary alicyclic amines) is 1. The highest BCUT2D eigenvalue weighted by Gasteiger charge is 2.38. The number of carbonyl (C=O) groups is 2. The molecule has 2 aliphatic rings. The summed E-state index contributed by atoms with van der Waals surface area (Å²) in [6, 6.07) is 0. The molecule has 3 rings (SSSR count). The monoisotopic (exact) mass is 326 g/mol. The summed E-state index contributed by atoms with van der Waals surface area (Å²) in [7, 11) is 1.85. The van der Waals surface area contributed by atoms with Crippen LogP contribution in [0.2, 0.25) is 0 Å². The van der Waals surface area contributed by atoms with Crippen LogP contribution in [0.5, 0.6) is 0 Å². The Kier molecular flexibility index (Phi) is 5.58. The average Bonchev–Trinajstić information content (AvgIpc) is 3.14. The molecule has 2 amide bonds. The summed E-state index contributed by atoms with van der Waals surface area (Å²) in [6.45, 7) is 2.64. The van der Waals surface area contributed by atoms with Gasteiger partial charge in [0, 0.05) is 26.2 Å². The largest absolute Gasteiger partial charge is 0.316 e. The summed E-state index contributed by atoms with van der Waals surface area (Å²) >= 11 is 0. The second-order valence-corrected chi connectivity index (χ2v) is 6.16. The maximum atomic E-state index is 12.4. The van der Waals surface area contributed by atoms with Crippen LogP contribution in [-0.2, 0) is 23.1 Å². The molecule has 1 N–H and O–H groups in total. The minimum atomic E-state index is -0.205. The number of imide groups is 1. The Labute approximate surface area is 136 Å². The SMILES string of the molecule is Cl.Cn1cc(CC2CC(=O)N(CCC3CCNC3)C2=O)cn1. The zero-order valence-electron chi connectivity index (χ0n) is 12.8. The number of aromatic nitrogens is 2. The molecule has 7 heteroatoms. The standard InChI is InChI=1S/C15H22N4O2.ClH/c1-18-10-12(9-17-18)6-13-7-14(20)19(15(13)21)5-3-11-2-4-16-8-11;/h9-11,13,16H,2-8H2,1H3;1H. The van der Waals surface area contributed by atoms with E-state index in [1.54, 1.807) is 10.9 Å². The Hall–Kier alpha value is -1.40. The molecule has 0 radical (unpaired) electrons. The predicted octanol–water partition coefficient (Wildman–Crippen LogP) is 0.759. The van der Waals surface area contributed by atoms with Crippen molar-refractivity contribution in [2.75, 3.05) is 19.6 Å². The van der Waals surface area contributed by atoms with Crippen molar-refractivity contribution in [3.8, 4) is 0 Å². The third kappa shape index (κ3) is 3.67. The Morgan fingerprint density at radius 1 is 1.41 bits per heavy atom. The molecule has 2 unspecified atom stereocenters. The second-order valence-electron chi connectivity index (χ2n) is 6.16. The van der Waals surface area contributed by atoms with Gasteiger partial charge in [0.05, 0.1) is 12.1 Å². The van der Waals surface area contributed by atoms with Gasteiger partial charge in [0.15, 0.2) is 0 Å². The maximum absolute atomic E-state index is 12.4. The number of halogens is 1. The van der Waals surface area contributed by atoms with Crippen molar-refractivity contribution in [2.45, 2.75) is 25.7 Å². The van der Waals surface area contributed by atoms with Crippen molar-refractivity contribution < 1.29 is 9.59 Å². The Bertz CT molecular complexity index is 539. The van der Waals surface area contributed by atoms with E-state index in [1.807, 2.05) is 13.2 Å². The van der Waals surface area contributed by atoms with Gasteiger partial charge < -0.3 is 5.32 Å². The van der Waals surface area contributed by atoms with Crippen molar-refractivity contribution in [1.82, 2.24) is 20.0 Å². The lowest BCUT2D eigenvalue weighted by molar-refractivity contribution is -0.139. The summed E-state index contributed by atoms with van der Waals surface area (Å²) in [6.07, 6.45) is 6.70. The molecule has 2 saturated heterocycles. The summed E-state index contributed by atoms with van der Waals surface area (Å²) < 4.78 is 1.72. The van der Waals surface area contributed by atoms with Crippen molar-refractivity contribution in [3.05, 3.63) is 18.0 Å². The van der Waals surface area contributed by atoms with Crippen LogP contribution in [0, 0.1) is 11.8 Å². The van der Waals surface area contributed by atoms with E-state index in [-0.39, 0.29) is 30.1 Å². The molecule has 1 aromatic rings. The van der Waals surface area contributed by atoms with Crippen molar-refractivity contribution in [1.29, 1.82) is 0 Å². The number of carbonyl (C=O) groups excluding carboxylic acids is 2. The Balaban J connectivity index is 0.00000176. The van der Waals surface area contributed by atoms with Gasteiger partial charge in [-0.15, -0.1) is 12.4 Å². The molecule has 1 aromatic heterocycles. The topological polar surface area (TPSA) is 67.2 Å². The first-order valence-corrected chi connectivity index (χ1v) is 7.66. The predicted molar refractivity (Wildman–Crippen MR) is 84.6 cm³/mol. The number of rotatable bonds is 5. The number of nitrogens with one attached hydrogen (secondary N) is 1. The lowest BCUT2D eigenvalue weighted by atomic mass is 10.00. The fraction of sp³-hybridized carbons (Fsp3) is 0.667. The van der Waals surface area contributed by atoms with Gasteiger partial charge in [-0.05, 0) is 43.8 Å². The van der Waals surface area contributed by atoms with Crippen LogP contribution >= 0.6 is 12.4 Å². The quantitative estimate of drug-likeness (QED) is 0.811. The van der Waals surface area contributed by atoms with Gasteiger partial charge in [-0.1, -0.05) is 0 Å².